The molecule has 2 heterocycles. The normalized spacial score (nSPS) is 11.9. The van der Waals surface area contributed by atoms with Gasteiger partial charge in [-0.2, -0.15) is 0 Å². The fourth-order valence-electron chi connectivity index (χ4n) is 2.80. The van der Waals surface area contributed by atoms with Crippen LogP contribution in [0.2, 0.25) is 5.02 Å². The van der Waals surface area contributed by atoms with Crippen LogP contribution in [0.1, 0.15) is 0 Å². The maximum atomic E-state index is 10.4. The van der Waals surface area contributed by atoms with E-state index in [4.69, 9.17) is 16.3 Å². The number of nitrogens with zero attached hydrogens (tertiary/aromatic N) is 4. The zero-order chi connectivity index (χ0) is 20.8. The Morgan fingerprint density at radius 3 is 2.43 bits per heavy atom. The Balaban J connectivity index is 1.52. The van der Waals surface area contributed by atoms with Crippen LogP contribution in [0.15, 0.2) is 84.3 Å². The molecule has 0 bridgehead atoms. The lowest BCUT2D eigenvalue weighted by atomic mass is 10.2. The van der Waals surface area contributed by atoms with Crippen LogP contribution in [-0.4, -0.2) is 43.3 Å². The number of aliphatic hydroxyl groups is 1. The first-order valence-electron chi connectivity index (χ1n) is 9.31. The molecule has 30 heavy (non-hydrogen) atoms. The summed E-state index contributed by atoms with van der Waals surface area (Å²) in [4.78, 5) is 4.07. The highest BCUT2D eigenvalue weighted by Gasteiger charge is 2.17. The van der Waals surface area contributed by atoms with Crippen molar-refractivity contribution < 1.29 is 9.84 Å². The van der Waals surface area contributed by atoms with E-state index < -0.39 is 6.10 Å². The van der Waals surface area contributed by atoms with E-state index in [2.05, 4.69) is 15.2 Å². The van der Waals surface area contributed by atoms with E-state index in [9.17, 15) is 5.11 Å². The second-order valence-electron chi connectivity index (χ2n) is 6.44. The fraction of sp³-hybridized carbons (Fsp3) is 0.136. The molecular formula is C22H19ClN4O2S. The van der Waals surface area contributed by atoms with Gasteiger partial charge in [0.1, 0.15) is 12.4 Å². The van der Waals surface area contributed by atoms with Crippen LogP contribution >= 0.6 is 23.4 Å². The molecule has 8 heteroatoms. The number of aliphatic hydroxyl groups excluding tert-OH is 1. The number of para-hydroxylation sites is 1. The van der Waals surface area contributed by atoms with Crippen LogP contribution in [0.4, 0.5) is 0 Å². The minimum absolute atomic E-state index is 0.198. The molecule has 0 saturated carbocycles. The summed E-state index contributed by atoms with van der Waals surface area (Å²) in [5.41, 5.74) is 1.78. The van der Waals surface area contributed by atoms with Crippen molar-refractivity contribution in [1.82, 2.24) is 19.7 Å². The summed E-state index contributed by atoms with van der Waals surface area (Å²) in [6, 6.07) is 20.7. The average molecular weight is 439 g/mol. The van der Waals surface area contributed by atoms with Gasteiger partial charge < -0.3 is 9.84 Å². The molecule has 2 aromatic heterocycles. The maximum Gasteiger partial charge on any atom is 0.196 e. The largest absolute Gasteiger partial charge is 0.491 e. The molecule has 0 amide bonds. The number of pyridine rings is 1. The minimum atomic E-state index is -0.657. The molecule has 1 atom stereocenters. The molecule has 1 N–H and O–H groups in total. The summed E-state index contributed by atoms with van der Waals surface area (Å²) in [6.45, 7) is 0.198. The van der Waals surface area contributed by atoms with Gasteiger partial charge in [-0.3, -0.25) is 9.55 Å². The molecule has 0 aliphatic rings. The Morgan fingerprint density at radius 2 is 1.70 bits per heavy atom. The van der Waals surface area contributed by atoms with E-state index in [1.165, 1.54) is 11.8 Å². The van der Waals surface area contributed by atoms with Gasteiger partial charge in [-0.25, -0.2) is 0 Å². The SMILES string of the molecule is O[C@@H](COc1ccccc1)CSc1nnc(-c2ccncc2)n1-c1ccc(Cl)cc1. The van der Waals surface area contributed by atoms with Gasteiger partial charge in [0.25, 0.3) is 0 Å². The third-order valence-corrected chi connectivity index (χ3v) is 5.57. The van der Waals surface area contributed by atoms with Crippen molar-refractivity contribution in [3.63, 3.8) is 0 Å². The molecule has 4 rings (SSSR count). The molecular weight excluding hydrogens is 420 g/mol. The lowest BCUT2D eigenvalue weighted by molar-refractivity contribution is 0.126. The summed E-state index contributed by atoms with van der Waals surface area (Å²) >= 11 is 7.47. The van der Waals surface area contributed by atoms with E-state index in [1.807, 2.05) is 71.3 Å². The van der Waals surface area contributed by atoms with Crippen molar-refractivity contribution >= 4 is 23.4 Å². The van der Waals surface area contributed by atoms with Gasteiger partial charge in [-0.15, -0.1) is 10.2 Å². The monoisotopic (exact) mass is 438 g/mol. The van der Waals surface area contributed by atoms with Gasteiger partial charge in [-0.05, 0) is 48.5 Å². The Kier molecular flexibility index (Phi) is 6.63. The van der Waals surface area contributed by atoms with E-state index in [0.29, 0.717) is 21.8 Å². The molecule has 0 radical (unpaired) electrons. The lowest BCUT2D eigenvalue weighted by Crippen LogP contribution is -2.20. The van der Waals surface area contributed by atoms with Crippen molar-refractivity contribution in [2.24, 2.45) is 0 Å². The van der Waals surface area contributed by atoms with Crippen molar-refractivity contribution in [2.45, 2.75) is 11.3 Å². The lowest BCUT2D eigenvalue weighted by Gasteiger charge is -2.13. The molecule has 0 aliphatic carbocycles. The Morgan fingerprint density at radius 1 is 0.967 bits per heavy atom. The first kappa shape index (κ1) is 20.4. The highest BCUT2D eigenvalue weighted by Crippen LogP contribution is 2.28. The Labute approximate surface area is 183 Å². The van der Waals surface area contributed by atoms with Gasteiger partial charge in [0, 0.05) is 34.4 Å². The van der Waals surface area contributed by atoms with Crippen molar-refractivity contribution in [3.8, 4) is 22.8 Å². The maximum absolute atomic E-state index is 10.4. The summed E-state index contributed by atoms with van der Waals surface area (Å²) in [6.07, 6.45) is 2.77. The third kappa shape index (κ3) is 4.99. The van der Waals surface area contributed by atoms with Crippen LogP contribution < -0.4 is 4.74 Å². The average Bonchev–Trinajstić information content (AvgIpc) is 3.22. The topological polar surface area (TPSA) is 73.1 Å². The summed E-state index contributed by atoms with van der Waals surface area (Å²) < 4.78 is 7.58. The van der Waals surface area contributed by atoms with Gasteiger partial charge in [0.2, 0.25) is 0 Å². The van der Waals surface area contributed by atoms with Gasteiger partial charge >= 0.3 is 0 Å². The van der Waals surface area contributed by atoms with Gasteiger partial charge in [-0.1, -0.05) is 41.6 Å². The fourth-order valence-corrected chi connectivity index (χ4v) is 3.79. The second kappa shape index (κ2) is 9.75. The Bertz CT molecular complexity index is 1080. The molecule has 2 aromatic carbocycles. The molecule has 6 nitrogen and oxygen atoms in total. The van der Waals surface area contributed by atoms with Crippen molar-refractivity contribution in [2.75, 3.05) is 12.4 Å². The molecule has 4 aromatic rings. The number of benzene rings is 2. The number of hydrogen-bond donors (Lipinski definition) is 1. The van der Waals surface area contributed by atoms with Gasteiger partial charge in [0.15, 0.2) is 11.0 Å². The van der Waals surface area contributed by atoms with E-state index >= 15 is 0 Å². The molecule has 0 fully saturated rings. The zero-order valence-corrected chi connectivity index (χ0v) is 17.5. The number of rotatable bonds is 8. The first-order chi connectivity index (χ1) is 14.7. The molecule has 0 saturated heterocycles. The molecule has 0 aliphatic heterocycles. The third-order valence-electron chi connectivity index (χ3n) is 4.25. The van der Waals surface area contributed by atoms with Crippen LogP contribution in [0, 0.1) is 0 Å². The van der Waals surface area contributed by atoms with Gasteiger partial charge in [0.05, 0.1) is 6.10 Å². The summed E-state index contributed by atoms with van der Waals surface area (Å²) in [7, 11) is 0. The Hall–Kier alpha value is -2.87. The van der Waals surface area contributed by atoms with Crippen LogP contribution in [-0.2, 0) is 0 Å². The highest BCUT2D eigenvalue weighted by atomic mass is 35.5. The molecule has 0 unspecified atom stereocenters. The zero-order valence-electron chi connectivity index (χ0n) is 15.9. The second-order valence-corrected chi connectivity index (χ2v) is 7.87. The van der Waals surface area contributed by atoms with Crippen molar-refractivity contribution in [3.05, 3.63) is 84.1 Å². The predicted octanol–water partition coefficient (Wildman–Crippen LogP) is 4.51. The summed E-state index contributed by atoms with van der Waals surface area (Å²) in [5, 5.41) is 20.4. The number of thioether (sulfide) groups is 1. The number of hydrogen-bond acceptors (Lipinski definition) is 6. The van der Waals surface area contributed by atoms with Crippen LogP contribution in [0.5, 0.6) is 5.75 Å². The first-order valence-corrected chi connectivity index (χ1v) is 10.7. The van der Waals surface area contributed by atoms with Crippen LogP contribution in [0.25, 0.3) is 17.1 Å². The standard InChI is InChI=1S/C22H19ClN4O2S/c23-17-6-8-18(9-7-17)27-21(16-10-12-24-13-11-16)25-26-22(27)30-15-19(28)14-29-20-4-2-1-3-5-20/h1-13,19,28H,14-15H2/t19-/m0/s1. The number of ether oxygens (including phenoxy) is 1. The van der Waals surface area contributed by atoms with E-state index in [1.54, 1.807) is 12.4 Å². The highest BCUT2D eigenvalue weighted by molar-refractivity contribution is 7.99. The van der Waals surface area contributed by atoms with Crippen LogP contribution in [0.3, 0.4) is 0 Å². The smallest absolute Gasteiger partial charge is 0.196 e. The number of aromatic nitrogens is 4. The minimum Gasteiger partial charge on any atom is -0.491 e. The number of halogens is 1. The van der Waals surface area contributed by atoms with E-state index in [-0.39, 0.29) is 6.61 Å². The quantitative estimate of drug-likeness (QED) is 0.408. The van der Waals surface area contributed by atoms with Crippen molar-refractivity contribution in [1.29, 1.82) is 0 Å². The summed E-state index contributed by atoms with van der Waals surface area (Å²) in [5.74, 6) is 1.83. The predicted molar refractivity (Wildman–Crippen MR) is 118 cm³/mol. The molecule has 0 spiro atoms. The van der Waals surface area contributed by atoms with E-state index in [0.717, 1.165) is 17.0 Å². The molecule has 152 valence electrons.